The number of nitrogens with zero attached hydrogens (tertiary/aromatic N) is 3. The topological polar surface area (TPSA) is 65.0 Å². The van der Waals surface area contributed by atoms with Crippen LogP contribution >= 0.6 is 0 Å². The number of fused-ring (bicyclic) bond motifs is 1. The molecule has 21 heavy (non-hydrogen) atoms. The minimum Gasteiger partial charge on any atom is -0.380 e. The molecule has 0 radical (unpaired) electrons. The molecule has 2 aromatic rings. The van der Waals surface area contributed by atoms with Crippen molar-refractivity contribution < 1.29 is 18.3 Å². The minimum atomic E-state index is -4.60. The molecule has 0 bridgehead atoms. The average molecular weight is 300 g/mol. The summed E-state index contributed by atoms with van der Waals surface area (Å²) in [5.41, 5.74) is -1.96. The van der Waals surface area contributed by atoms with Crippen LogP contribution in [0.3, 0.4) is 0 Å². The monoisotopic (exact) mass is 300 g/mol. The van der Waals surface area contributed by atoms with Crippen molar-refractivity contribution in [1.82, 2.24) is 15.0 Å². The normalized spacial score (nSPS) is 24.3. The third kappa shape index (κ3) is 2.44. The number of hydrogen-bond acceptors (Lipinski definition) is 4. The lowest BCUT2D eigenvalue weighted by molar-refractivity contribution is -0.263. The van der Waals surface area contributed by atoms with Crippen LogP contribution in [0.4, 0.5) is 19.0 Å². The van der Waals surface area contributed by atoms with Crippen LogP contribution in [0.2, 0.25) is 0 Å². The summed E-state index contributed by atoms with van der Waals surface area (Å²) >= 11 is 0. The van der Waals surface area contributed by atoms with E-state index in [9.17, 15) is 18.3 Å². The van der Waals surface area contributed by atoms with E-state index >= 15 is 0 Å². The molecule has 2 aromatic heterocycles. The smallest absolute Gasteiger partial charge is 0.380 e. The molecule has 1 aliphatic heterocycles. The van der Waals surface area contributed by atoms with Crippen LogP contribution in [0, 0.1) is 0 Å². The van der Waals surface area contributed by atoms with Crippen LogP contribution in [0.1, 0.15) is 19.3 Å². The largest absolute Gasteiger partial charge is 0.417 e. The van der Waals surface area contributed by atoms with Gasteiger partial charge in [-0.15, -0.1) is 0 Å². The first kappa shape index (κ1) is 14.1. The van der Waals surface area contributed by atoms with Crippen molar-refractivity contribution >= 4 is 16.9 Å². The van der Waals surface area contributed by atoms with Crippen LogP contribution in [-0.4, -0.2) is 44.9 Å². The van der Waals surface area contributed by atoms with E-state index in [-0.39, 0.29) is 25.8 Å². The van der Waals surface area contributed by atoms with Crippen LogP contribution in [0.5, 0.6) is 0 Å². The number of H-pyrrole nitrogens is 1. The van der Waals surface area contributed by atoms with Gasteiger partial charge in [0.25, 0.3) is 0 Å². The van der Waals surface area contributed by atoms with Gasteiger partial charge in [-0.3, -0.25) is 0 Å². The zero-order chi connectivity index (χ0) is 15.1. The molecule has 0 aliphatic carbocycles. The highest BCUT2D eigenvalue weighted by Crippen LogP contribution is 2.39. The van der Waals surface area contributed by atoms with E-state index in [1.54, 1.807) is 17.2 Å². The van der Waals surface area contributed by atoms with E-state index in [2.05, 4.69) is 15.0 Å². The first-order valence-corrected chi connectivity index (χ1v) is 6.73. The Morgan fingerprint density at radius 1 is 1.24 bits per heavy atom. The van der Waals surface area contributed by atoms with Gasteiger partial charge in [0.05, 0.1) is 5.39 Å². The molecular weight excluding hydrogens is 285 g/mol. The van der Waals surface area contributed by atoms with Crippen molar-refractivity contribution in [3.63, 3.8) is 0 Å². The Bertz CT molecular complexity index is 642. The quantitative estimate of drug-likeness (QED) is 0.848. The summed E-state index contributed by atoms with van der Waals surface area (Å²) < 4.78 is 38.8. The molecule has 3 heterocycles. The number of aromatic nitrogens is 3. The van der Waals surface area contributed by atoms with Crippen molar-refractivity contribution in [2.45, 2.75) is 31.0 Å². The molecule has 0 saturated carbocycles. The summed E-state index contributed by atoms with van der Waals surface area (Å²) in [5.74, 6) is 0.604. The van der Waals surface area contributed by atoms with Crippen molar-refractivity contribution in [3.8, 4) is 0 Å². The van der Waals surface area contributed by atoms with Crippen molar-refractivity contribution in [1.29, 1.82) is 0 Å². The van der Waals surface area contributed by atoms with Gasteiger partial charge in [-0.05, 0) is 18.9 Å². The van der Waals surface area contributed by atoms with Gasteiger partial charge in [0.15, 0.2) is 5.60 Å². The van der Waals surface area contributed by atoms with Crippen LogP contribution < -0.4 is 4.90 Å². The first-order chi connectivity index (χ1) is 9.91. The summed E-state index contributed by atoms with van der Waals surface area (Å²) in [6.45, 7) is 0.531. The summed E-state index contributed by atoms with van der Waals surface area (Å²) in [4.78, 5) is 13.0. The van der Waals surface area contributed by atoms with Gasteiger partial charge >= 0.3 is 6.18 Å². The summed E-state index contributed by atoms with van der Waals surface area (Å²) in [6, 6.07) is 1.80. The second-order valence-corrected chi connectivity index (χ2v) is 5.31. The highest BCUT2D eigenvalue weighted by molar-refractivity contribution is 5.87. The molecule has 0 amide bonds. The molecule has 114 valence electrons. The molecule has 3 rings (SSSR count). The highest BCUT2D eigenvalue weighted by Gasteiger charge is 2.53. The van der Waals surface area contributed by atoms with Gasteiger partial charge in [0.1, 0.15) is 17.8 Å². The summed E-state index contributed by atoms with van der Waals surface area (Å²) in [5, 5.41) is 10.6. The minimum absolute atomic E-state index is 0.104. The van der Waals surface area contributed by atoms with Crippen LogP contribution in [0.25, 0.3) is 11.0 Å². The number of anilines is 1. The molecule has 0 spiro atoms. The Hall–Kier alpha value is -1.83. The maximum Gasteiger partial charge on any atom is 0.417 e. The fourth-order valence-electron chi connectivity index (χ4n) is 2.73. The summed E-state index contributed by atoms with van der Waals surface area (Å²) in [6.07, 6.45) is -1.88. The predicted octanol–water partition coefficient (Wildman–Crippen LogP) is 2.24. The summed E-state index contributed by atoms with van der Waals surface area (Å²) in [7, 11) is 0. The number of hydrogen-bond donors (Lipinski definition) is 2. The van der Waals surface area contributed by atoms with E-state index in [0.29, 0.717) is 18.0 Å². The Morgan fingerprint density at radius 3 is 2.81 bits per heavy atom. The average Bonchev–Trinajstić information content (AvgIpc) is 2.80. The van der Waals surface area contributed by atoms with Gasteiger partial charge < -0.3 is 15.0 Å². The molecule has 0 aromatic carbocycles. The lowest BCUT2D eigenvalue weighted by atomic mass is 9.94. The molecular formula is C13H15F3N4O. The molecule has 1 aliphatic rings. The number of aromatic amines is 1. The molecule has 1 saturated heterocycles. The lowest BCUT2D eigenvalue weighted by Gasteiger charge is -2.29. The van der Waals surface area contributed by atoms with Gasteiger partial charge in [-0.1, -0.05) is 0 Å². The molecule has 8 heteroatoms. The van der Waals surface area contributed by atoms with Gasteiger partial charge in [-0.2, -0.15) is 13.2 Å². The number of rotatable bonds is 1. The predicted molar refractivity (Wildman–Crippen MR) is 71.0 cm³/mol. The third-order valence-electron chi connectivity index (χ3n) is 3.97. The maximum absolute atomic E-state index is 12.9. The van der Waals surface area contributed by atoms with Crippen molar-refractivity contribution in [2.75, 3.05) is 18.0 Å². The Balaban J connectivity index is 1.87. The third-order valence-corrected chi connectivity index (χ3v) is 3.97. The Labute approximate surface area is 118 Å². The van der Waals surface area contributed by atoms with E-state index in [1.165, 1.54) is 6.33 Å². The molecule has 2 N–H and O–H groups in total. The fraction of sp³-hybridized carbons (Fsp3) is 0.538. The van der Waals surface area contributed by atoms with Crippen LogP contribution in [-0.2, 0) is 0 Å². The first-order valence-electron chi connectivity index (χ1n) is 6.73. The fourth-order valence-corrected chi connectivity index (χ4v) is 2.73. The second kappa shape index (κ2) is 4.87. The molecule has 5 nitrogen and oxygen atoms in total. The zero-order valence-electron chi connectivity index (χ0n) is 11.2. The Morgan fingerprint density at radius 2 is 2.05 bits per heavy atom. The van der Waals surface area contributed by atoms with Crippen molar-refractivity contribution in [2.24, 2.45) is 0 Å². The van der Waals surface area contributed by atoms with E-state index in [4.69, 9.17) is 0 Å². The molecule has 1 fully saturated rings. The lowest BCUT2D eigenvalue weighted by Crippen LogP contribution is -2.45. The van der Waals surface area contributed by atoms with E-state index in [0.717, 1.165) is 5.39 Å². The maximum atomic E-state index is 12.9. The zero-order valence-corrected chi connectivity index (χ0v) is 11.2. The second-order valence-electron chi connectivity index (χ2n) is 5.31. The molecule has 1 unspecified atom stereocenters. The molecule has 1 atom stereocenters. The van der Waals surface area contributed by atoms with Crippen LogP contribution in [0.15, 0.2) is 18.6 Å². The van der Waals surface area contributed by atoms with E-state index < -0.39 is 11.8 Å². The number of aliphatic hydroxyl groups is 1. The van der Waals surface area contributed by atoms with Gasteiger partial charge in [0, 0.05) is 25.7 Å². The highest BCUT2D eigenvalue weighted by atomic mass is 19.4. The number of halogens is 3. The standard InChI is InChI=1S/C13H15F3N4O/c14-13(15,16)12(21)3-1-6-20(7-4-12)11-9-2-5-17-10(9)18-8-19-11/h2,5,8,21H,1,3-4,6-7H2,(H,17,18,19). The number of nitrogens with one attached hydrogen (secondary N) is 1. The van der Waals surface area contributed by atoms with E-state index in [1.807, 2.05) is 0 Å². The number of alkyl halides is 3. The Kier molecular flexibility index (Phi) is 3.27. The van der Waals surface area contributed by atoms with Gasteiger partial charge in [-0.25, -0.2) is 9.97 Å². The SMILES string of the molecule is OC1(C(F)(F)F)CCCN(c2ncnc3[nH]ccc23)CC1. The van der Waals surface area contributed by atoms with Gasteiger partial charge in [0.2, 0.25) is 0 Å². The van der Waals surface area contributed by atoms with Crippen molar-refractivity contribution in [3.05, 3.63) is 18.6 Å².